The van der Waals surface area contributed by atoms with E-state index in [0.717, 1.165) is 0 Å². The Hall–Kier alpha value is -2.90. The third-order valence-electron chi connectivity index (χ3n) is 2.58. The van der Waals surface area contributed by atoms with Crippen LogP contribution in [0, 0.1) is 0 Å². The van der Waals surface area contributed by atoms with Gasteiger partial charge in [0.2, 0.25) is 5.91 Å². The van der Waals surface area contributed by atoms with Gasteiger partial charge in [0.05, 0.1) is 0 Å². The first-order valence-corrected chi connectivity index (χ1v) is 5.88. The predicted molar refractivity (Wildman–Crippen MR) is 73.1 cm³/mol. The zero-order valence-electron chi connectivity index (χ0n) is 10.5. The average molecular weight is 275 g/mol. The highest BCUT2D eigenvalue weighted by molar-refractivity contribution is 6.43. The van der Waals surface area contributed by atoms with Crippen molar-refractivity contribution in [2.75, 3.05) is 10.6 Å². The molecule has 104 valence electrons. The standard InChI is InChI=1S/C12H13N5O3/c13-12(20)15-8-3-1-7(2-4-8)14-11(19)9-5-6-10(18)17-16-9/h1-4H,5-6H2,(H,14,19)(H,17,18)(H3,13,15,20). The van der Waals surface area contributed by atoms with Gasteiger partial charge < -0.3 is 16.4 Å². The molecule has 1 aromatic rings. The second-order valence-corrected chi connectivity index (χ2v) is 4.11. The minimum Gasteiger partial charge on any atom is -0.351 e. The van der Waals surface area contributed by atoms with Crippen LogP contribution in [0.15, 0.2) is 29.4 Å². The lowest BCUT2D eigenvalue weighted by molar-refractivity contribution is -0.121. The third kappa shape index (κ3) is 3.55. The number of nitrogens with zero attached hydrogens (tertiary/aromatic N) is 1. The zero-order chi connectivity index (χ0) is 14.5. The highest BCUT2D eigenvalue weighted by atomic mass is 16.2. The molecule has 0 unspecified atom stereocenters. The van der Waals surface area contributed by atoms with Gasteiger partial charge in [-0.15, -0.1) is 0 Å². The van der Waals surface area contributed by atoms with Crippen molar-refractivity contribution in [3.05, 3.63) is 24.3 Å². The van der Waals surface area contributed by atoms with Gasteiger partial charge >= 0.3 is 6.03 Å². The van der Waals surface area contributed by atoms with Gasteiger partial charge in [-0.1, -0.05) is 0 Å². The maximum Gasteiger partial charge on any atom is 0.316 e. The van der Waals surface area contributed by atoms with Crippen LogP contribution in [0.3, 0.4) is 0 Å². The molecule has 4 amide bonds. The van der Waals surface area contributed by atoms with E-state index < -0.39 is 6.03 Å². The maximum absolute atomic E-state index is 11.9. The van der Waals surface area contributed by atoms with E-state index in [1.165, 1.54) is 0 Å². The van der Waals surface area contributed by atoms with Crippen LogP contribution in [0.5, 0.6) is 0 Å². The summed E-state index contributed by atoms with van der Waals surface area (Å²) in [4.78, 5) is 33.4. The topological polar surface area (TPSA) is 126 Å². The monoisotopic (exact) mass is 275 g/mol. The zero-order valence-corrected chi connectivity index (χ0v) is 10.5. The summed E-state index contributed by atoms with van der Waals surface area (Å²) in [6, 6.07) is 5.78. The Morgan fingerprint density at radius 3 is 2.20 bits per heavy atom. The molecule has 0 saturated heterocycles. The van der Waals surface area contributed by atoms with Gasteiger partial charge in [-0.3, -0.25) is 9.59 Å². The molecule has 0 radical (unpaired) electrons. The van der Waals surface area contributed by atoms with Gasteiger partial charge in [0.1, 0.15) is 5.71 Å². The molecule has 20 heavy (non-hydrogen) atoms. The first-order chi connectivity index (χ1) is 9.54. The largest absolute Gasteiger partial charge is 0.351 e. The van der Waals surface area contributed by atoms with Gasteiger partial charge in [-0.05, 0) is 24.3 Å². The minimum atomic E-state index is -0.658. The molecule has 0 spiro atoms. The number of carbonyl (C=O) groups excluding carboxylic acids is 3. The second kappa shape index (κ2) is 5.83. The summed E-state index contributed by atoms with van der Waals surface area (Å²) in [5, 5.41) is 8.75. The van der Waals surface area contributed by atoms with E-state index in [1.54, 1.807) is 24.3 Å². The Labute approximate surface area is 114 Å². The molecular formula is C12H13N5O3. The lowest BCUT2D eigenvalue weighted by Gasteiger charge is -2.12. The van der Waals surface area contributed by atoms with Crippen LogP contribution in [0.4, 0.5) is 16.2 Å². The Bertz CT molecular complexity index is 579. The quantitative estimate of drug-likeness (QED) is 0.637. The number of anilines is 2. The summed E-state index contributed by atoms with van der Waals surface area (Å²) >= 11 is 0. The van der Waals surface area contributed by atoms with E-state index in [1.807, 2.05) is 0 Å². The molecule has 8 nitrogen and oxygen atoms in total. The van der Waals surface area contributed by atoms with Crippen molar-refractivity contribution in [3.8, 4) is 0 Å². The summed E-state index contributed by atoms with van der Waals surface area (Å²) < 4.78 is 0. The smallest absolute Gasteiger partial charge is 0.316 e. The van der Waals surface area contributed by atoms with Crippen LogP contribution >= 0.6 is 0 Å². The summed E-state index contributed by atoms with van der Waals surface area (Å²) in [5.74, 6) is -0.580. The van der Waals surface area contributed by atoms with Gasteiger partial charge in [-0.2, -0.15) is 5.10 Å². The number of hydrogen-bond donors (Lipinski definition) is 4. The fourth-order valence-corrected chi connectivity index (χ4v) is 1.62. The molecule has 0 saturated carbocycles. The van der Waals surface area contributed by atoms with Gasteiger partial charge in [-0.25, -0.2) is 10.2 Å². The fourth-order valence-electron chi connectivity index (χ4n) is 1.62. The molecule has 8 heteroatoms. The van der Waals surface area contributed by atoms with E-state index in [-0.39, 0.29) is 23.9 Å². The summed E-state index contributed by atoms with van der Waals surface area (Å²) in [6.07, 6.45) is 0.548. The Kier molecular flexibility index (Phi) is 3.94. The van der Waals surface area contributed by atoms with Crippen molar-refractivity contribution >= 4 is 34.9 Å². The molecule has 1 heterocycles. The van der Waals surface area contributed by atoms with Crippen molar-refractivity contribution < 1.29 is 14.4 Å². The number of urea groups is 1. The highest BCUT2D eigenvalue weighted by Gasteiger charge is 2.18. The number of rotatable bonds is 3. The molecule has 0 aliphatic carbocycles. The van der Waals surface area contributed by atoms with Crippen molar-refractivity contribution in [3.63, 3.8) is 0 Å². The minimum absolute atomic E-state index is 0.205. The highest BCUT2D eigenvalue weighted by Crippen LogP contribution is 2.14. The van der Waals surface area contributed by atoms with E-state index >= 15 is 0 Å². The number of amides is 4. The van der Waals surface area contributed by atoms with E-state index in [4.69, 9.17) is 5.73 Å². The van der Waals surface area contributed by atoms with E-state index in [9.17, 15) is 14.4 Å². The summed E-state index contributed by atoms with van der Waals surface area (Å²) in [7, 11) is 0. The van der Waals surface area contributed by atoms with Crippen LogP contribution in [0.25, 0.3) is 0 Å². The van der Waals surface area contributed by atoms with Crippen LogP contribution in [-0.4, -0.2) is 23.6 Å². The molecule has 5 N–H and O–H groups in total. The van der Waals surface area contributed by atoms with Crippen LogP contribution < -0.4 is 21.8 Å². The van der Waals surface area contributed by atoms with Crippen molar-refractivity contribution in [2.24, 2.45) is 10.8 Å². The lowest BCUT2D eigenvalue weighted by Crippen LogP contribution is -2.32. The fraction of sp³-hybridized carbons (Fsp3) is 0.167. The second-order valence-electron chi connectivity index (χ2n) is 4.11. The number of nitrogens with one attached hydrogen (secondary N) is 3. The first-order valence-electron chi connectivity index (χ1n) is 5.88. The van der Waals surface area contributed by atoms with Crippen molar-refractivity contribution in [2.45, 2.75) is 12.8 Å². The predicted octanol–water partition coefficient (Wildman–Crippen LogP) is 0.382. The molecule has 0 aromatic heterocycles. The molecule has 1 aliphatic rings. The molecule has 1 aromatic carbocycles. The SMILES string of the molecule is NC(=O)Nc1ccc(NC(=O)C2=NNC(=O)CC2)cc1. The molecular weight excluding hydrogens is 262 g/mol. The molecule has 0 bridgehead atoms. The first kappa shape index (κ1) is 13.5. The molecule has 1 aliphatic heterocycles. The Morgan fingerprint density at radius 1 is 1.10 bits per heavy atom. The number of hydrazone groups is 1. The Morgan fingerprint density at radius 2 is 1.70 bits per heavy atom. The van der Waals surface area contributed by atoms with E-state index in [0.29, 0.717) is 17.8 Å². The van der Waals surface area contributed by atoms with Crippen LogP contribution in [0.2, 0.25) is 0 Å². The number of nitrogens with two attached hydrogens (primary N) is 1. The number of hydrogen-bond acceptors (Lipinski definition) is 4. The van der Waals surface area contributed by atoms with Crippen molar-refractivity contribution in [1.29, 1.82) is 0 Å². The summed E-state index contributed by atoms with van der Waals surface area (Å²) in [5.41, 5.74) is 8.58. The number of primary amides is 1. The van der Waals surface area contributed by atoms with E-state index in [2.05, 4.69) is 21.2 Å². The molecule has 0 atom stereocenters. The average Bonchev–Trinajstić information content (AvgIpc) is 2.41. The third-order valence-corrected chi connectivity index (χ3v) is 2.58. The molecule has 0 fully saturated rings. The van der Waals surface area contributed by atoms with Gasteiger partial charge in [0.25, 0.3) is 5.91 Å². The van der Waals surface area contributed by atoms with Crippen LogP contribution in [-0.2, 0) is 9.59 Å². The van der Waals surface area contributed by atoms with Gasteiger partial charge in [0.15, 0.2) is 0 Å². The van der Waals surface area contributed by atoms with Crippen LogP contribution in [0.1, 0.15) is 12.8 Å². The number of benzene rings is 1. The number of carbonyl (C=O) groups is 3. The lowest BCUT2D eigenvalue weighted by atomic mass is 10.1. The Balaban J connectivity index is 1.97. The summed E-state index contributed by atoms with van der Waals surface area (Å²) in [6.45, 7) is 0. The van der Waals surface area contributed by atoms with Crippen molar-refractivity contribution in [1.82, 2.24) is 5.43 Å². The normalized spacial score (nSPS) is 14.0. The maximum atomic E-state index is 11.9. The molecule has 2 rings (SSSR count). The van der Waals surface area contributed by atoms with Gasteiger partial charge in [0, 0.05) is 24.2 Å².